The summed E-state index contributed by atoms with van der Waals surface area (Å²) < 4.78 is 16.5. The van der Waals surface area contributed by atoms with E-state index in [2.05, 4.69) is 15.8 Å². The predicted octanol–water partition coefficient (Wildman–Crippen LogP) is 3.81. The number of ether oxygens (including phenoxy) is 2. The van der Waals surface area contributed by atoms with Gasteiger partial charge < -0.3 is 24.6 Å². The lowest BCUT2D eigenvalue weighted by atomic mass is 10.1. The minimum absolute atomic E-state index is 0.0299. The molecule has 2 amide bonds. The highest BCUT2D eigenvalue weighted by Gasteiger charge is 2.20. The van der Waals surface area contributed by atoms with Gasteiger partial charge in [0.2, 0.25) is 11.8 Å². The molecule has 2 N–H and O–H groups in total. The smallest absolute Gasteiger partial charge is 0.230 e. The first-order chi connectivity index (χ1) is 14.9. The molecule has 8 heteroatoms. The minimum Gasteiger partial charge on any atom is -0.495 e. The molecule has 0 aliphatic carbocycles. The molecule has 8 nitrogen and oxygen atoms in total. The number of carbonyl (C=O) groups is 2. The highest BCUT2D eigenvalue weighted by atomic mass is 16.5. The van der Waals surface area contributed by atoms with Gasteiger partial charge in [0.1, 0.15) is 17.6 Å². The van der Waals surface area contributed by atoms with Crippen LogP contribution in [0.25, 0.3) is 11.3 Å². The molecule has 0 bridgehead atoms. The average Bonchev–Trinajstić information content (AvgIpc) is 3.32. The Morgan fingerprint density at radius 3 is 2.77 bits per heavy atom. The standard InChI is InChI=1S/C23H23N3O5/c1-13-8-16-9-15(4-6-20(16)30-13)22-11-18(26-31-22)12-23(28)25-19-10-17(24-14(2)27)5-7-21(19)29-3/h4-7,9-11,13H,8,12H2,1-3H3,(H,24,27)(H,25,28). The van der Waals surface area contributed by atoms with E-state index in [-0.39, 0.29) is 24.3 Å². The molecule has 31 heavy (non-hydrogen) atoms. The van der Waals surface area contributed by atoms with E-state index in [4.69, 9.17) is 14.0 Å². The molecule has 160 valence electrons. The summed E-state index contributed by atoms with van der Waals surface area (Å²) in [4.78, 5) is 23.9. The molecule has 1 aliphatic rings. The van der Waals surface area contributed by atoms with Gasteiger partial charge >= 0.3 is 0 Å². The van der Waals surface area contributed by atoms with E-state index in [9.17, 15) is 9.59 Å². The number of hydrogen-bond acceptors (Lipinski definition) is 6. The molecule has 1 atom stereocenters. The molecular weight excluding hydrogens is 398 g/mol. The molecule has 0 spiro atoms. The van der Waals surface area contributed by atoms with Crippen molar-refractivity contribution in [3.8, 4) is 22.8 Å². The quantitative estimate of drug-likeness (QED) is 0.627. The normalized spacial score (nSPS) is 14.5. The zero-order valence-electron chi connectivity index (χ0n) is 17.5. The van der Waals surface area contributed by atoms with Crippen LogP contribution < -0.4 is 20.1 Å². The fourth-order valence-corrected chi connectivity index (χ4v) is 3.55. The Hall–Kier alpha value is -3.81. The van der Waals surface area contributed by atoms with Crippen molar-refractivity contribution in [2.24, 2.45) is 0 Å². The molecule has 1 aliphatic heterocycles. The maximum Gasteiger partial charge on any atom is 0.230 e. The number of benzene rings is 2. The van der Waals surface area contributed by atoms with E-state index >= 15 is 0 Å². The van der Waals surface area contributed by atoms with Crippen molar-refractivity contribution in [1.29, 1.82) is 0 Å². The number of nitrogens with one attached hydrogen (secondary N) is 2. The molecule has 0 fully saturated rings. The first-order valence-corrected chi connectivity index (χ1v) is 9.92. The summed E-state index contributed by atoms with van der Waals surface area (Å²) >= 11 is 0. The summed E-state index contributed by atoms with van der Waals surface area (Å²) in [6, 6.07) is 12.6. The Morgan fingerprint density at radius 1 is 1.16 bits per heavy atom. The van der Waals surface area contributed by atoms with Crippen LogP contribution in [-0.4, -0.2) is 30.2 Å². The Balaban J connectivity index is 1.45. The summed E-state index contributed by atoms with van der Waals surface area (Å²) in [7, 11) is 1.51. The van der Waals surface area contributed by atoms with Gasteiger partial charge in [-0.15, -0.1) is 0 Å². The van der Waals surface area contributed by atoms with Crippen molar-refractivity contribution in [2.45, 2.75) is 32.8 Å². The molecule has 2 heterocycles. The lowest BCUT2D eigenvalue weighted by molar-refractivity contribution is -0.116. The van der Waals surface area contributed by atoms with Gasteiger partial charge in [-0.3, -0.25) is 9.59 Å². The lowest BCUT2D eigenvalue weighted by Crippen LogP contribution is -2.15. The first-order valence-electron chi connectivity index (χ1n) is 9.92. The lowest BCUT2D eigenvalue weighted by Gasteiger charge is -2.12. The number of fused-ring (bicyclic) bond motifs is 1. The number of nitrogens with zero attached hydrogens (tertiary/aromatic N) is 1. The third kappa shape index (κ3) is 4.69. The number of rotatable bonds is 6. The molecule has 1 unspecified atom stereocenters. The van der Waals surface area contributed by atoms with Crippen molar-refractivity contribution < 1.29 is 23.6 Å². The highest BCUT2D eigenvalue weighted by Crippen LogP contribution is 2.33. The maximum atomic E-state index is 12.6. The van der Waals surface area contributed by atoms with Gasteiger partial charge in [0, 0.05) is 30.7 Å². The van der Waals surface area contributed by atoms with Crippen LogP contribution in [0.15, 0.2) is 47.0 Å². The van der Waals surface area contributed by atoms with E-state index in [1.165, 1.54) is 14.0 Å². The van der Waals surface area contributed by atoms with E-state index in [0.29, 0.717) is 28.6 Å². The summed E-state index contributed by atoms with van der Waals surface area (Å²) in [5.74, 6) is 1.48. The van der Waals surface area contributed by atoms with E-state index in [1.54, 1.807) is 24.3 Å². The van der Waals surface area contributed by atoms with Gasteiger partial charge in [-0.1, -0.05) is 5.16 Å². The fourth-order valence-electron chi connectivity index (χ4n) is 3.55. The third-order valence-electron chi connectivity index (χ3n) is 4.88. The number of hydrogen-bond donors (Lipinski definition) is 2. The van der Waals surface area contributed by atoms with Gasteiger partial charge in [0.15, 0.2) is 5.76 Å². The molecular formula is C23H23N3O5. The van der Waals surface area contributed by atoms with E-state index in [0.717, 1.165) is 23.3 Å². The van der Waals surface area contributed by atoms with Crippen LogP contribution in [0, 0.1) is 0 Å². The molecule has 4 rings (SSSR count). The Morgan fingerprint density at radius 2 is 2.00 bits per heavy atom. The van der Waals surface area contributed by atoms with Crippen LogP contribution in [0.2, 0.25) is 0 Å². The van der Waals surface area contributed by atoms with E-state index in [1.807, 2.05) is 25.1 Å². The van der Waals surface area contributed by atoms with Crippen LogP contribution in [0.3, 0.4) is 0 Å². The summed E-state index contributed by atoms with van der Waals surface area (Å²) in [6.45, 7) is 3.45. The van der Waals surface area contributed by atoms with Crippen molar-refractivity contribution in [3.05, 3.63) is 53.7 Å². The zero-order chi connectivity index (χ0) is 22.0. The van der Waals surface area contributed by atoms with Gasteiger partial charge in [-0.2, -0.15) is 0 Å². The molecule has 0 saturated carbocycles. The monoisotopic (exact) mass is 421 g/mol. The number of anilines is 2. The van der Waals surface area contributed by atoms with Crippen LogP contribution in [-0.2, 0) is 22.4 Å². The second-order valence-electron chi connectivity index (χ2n) is 7.46. The van der Waals surface area contributed by atoms with Crippen molar-refractivity contribution in [3.63, 3.8) is 0 Å². The molecule has 2 aromatic carbocycles. The van der Waals surface area contributed by atoms with Crippen LogP contribution in [0.5, 0.6) is 11.5 Å². The number of aromatic nitrogens is 1. The molecule has 3 aromatic rings. The van der Waals surface area contributed by atoms with Gasteiger partial charge in [-0.05, 0) is 48.9 Å². The van der Waals surface area contributed by atoms with Crippen molar-refractivity contribution in [1.82, 2.24) is 5.16 Å². The first kappa shape index (κ1) is 20.5. The maximum absolute atomic E-state index is 12.6. The van der Waals surface area contributed by atoms with Gasteiger partial charge in [-0.25, -0.2) is 0 Å². The summed E-state index contributed by atoms with van der Waals surface area (Å²) in [6.07, 6.45) is 1.05. The Labute approximate surface area is 179 Å². The van der Waals surface area contributed by atoms with E-state index < -0.39 is 0 Å². The van der Waals surface area contributed by atoms with Crippen molar-refractivity contribution in [2.75, 3.05) is 17.7 Å². The predicted molar refractivity (Wildman–Crippen MR) is 115 cm³/mol. The average molecular weight is 421 g/mol. The van der Waals surface area contributed by atoms with Crippen LogP contribution in [0.1, 0.15) is 25.1 Å². The second-order valence-corrected chi connectivity index (χ2v) is 7.46. The number of amides is 2. The zero-order valence-corrected chi connectivity index (χ0v) is 17.5. The minimum atomic E-state index is -0.283. The largest absolute Gasteiger partial charge is 0.495 e. The SMILES string of the molecule is COc1ccc(NC(C)=O)cc1NC(=O)Cc1cc(-c2ccc3c(c2)CC(C)O3)on1. The molecule has 0 radical (unpaired) electrons. The number of methoxy groups -OCH3 is 1. The Kier molecular flexibility index (Phi) is 5.62. The summed E-state index contributed by atoms with van der Waals surface area (Å²) in [5, 5.41) is 9.50. The molecule has 0 saturated heterocycles. The third-order valence-corrected chi connectivity index (χ3v) is 4.88. The van der Waals surface area contributed by atoms with Crippen LogP contribution >= 0.6 is 0 Å². The number of carbonyl (C=O) groups excluding carboxylic acids is 2. The van der Waals surface area contributed by atoms with Gasteiger partial charge in [0.05, 0.1) is 24.9 Å². The Bertz CT molecular complexity index is 1140. The highest BCUT2D eigenvalue weighted by molar-refractivity contribution is 5.95. The fraction of sp³-hybridized carbons (Fsp3) is 0.261. The molecule has 1 aromatic heterocycles. The second kappa shape index (κ2) is 8.51. The summed E-state index contributed by atoms with van der Waals surface area (Å²) in [5.41, 5.74) is 3.54. The van der Waals surface area contributed by atoms with Crippen LogP contribution in [0.4, 0.5) is 11.4 Å². The van der Waals surface area contributed by atoms with Crippen molar-refractivity contribution >= 4 is 23.2 Å². The van der Waals surface area contributed by atoms with Gasteiger partial charge in [0.25, 0.3) is 0 Å². The topological polar surface area (TPSA) is 103 Å².